The first-order valence-corrected chi connectivity index (χ1v) is 5.34. The highest BCUT2D eigenvalue weighted by molar-refractivity contribution is 5.28. The Morgan fingerprint density at radius 2 is 1.80 bits per heavy atom. The highest BCUT2D eigenvalue weighted by atomic mass is 19.1. The predicted molar refractivity (Wildman–Crippen MR) is 55.9 cm³/mol. The summed E-state index contributed by atoms with van der Waals surface area (Å²) in [6, 6.07) is 2.66. The van der Waals surface area contributed by atoms with Crippen LogP contribution in [0.5, 0.6) is 0 Å². The molecule has 15 heavy (non-hydrogen) atoms. The number of hydrogen-bond donors (Lipinski definition) is 1. The zero-order valence-corrected chi connectivity index (χ0v) is 8.82. The van der Waals surface area contributed by atoms with E-state index >= 15 is 0 Å². The summed E-state index contributed by atoms with van der Waals surface area (Å²) in [4.78, 5) is 0. The fourth-order valence-electron chi connectivity index (χ4n) is 2.13. The van der Waals surface area contributed by atoms with Gasteiger partial charge in [0.05, 0.1) is 0 Å². The van der Waals surface area contributed by atoms with E-state index in [1.165, 1.54) is 0 Å². The Morgan fingerprint density at radius 1 is 1.13 bits per heavy atom. The van der Waals surface area contributed by atoms with Gasteiger partial charge in [-0.15, -0.1) is 0 Å². The lowest BCUT2D eigenvalue weighted by Gasteiger charge is -2.23. The average Bonchev–Trinajstić information content (AvgIpc) is 2.25. The highest BCUT2D eigenvalue weighted by Gasteiger charge is 2.19. The number of halogens is 2. The third-order valence-corrected chi connectivity index (χ3v) is 3.06. The summed E-state index contributed by atoms with van der Waals surface area (Å²) in [6.45, 7) is 3.51. The van der Waals surface area contributed by atoms with Gasteiger partial charge in [0.15, 0.2) is 0 Å². The van der Waals surface area contributed by atoms with Crippen LogP contribution in [-0.4, -0.2) is 13.1 Å². The van der Waals surface area contributed by atoms with Crippen LogP contribution in [-0.2, 0) is 0 Å². The van der Waals surface area contributed by atoms with E-state index in [4.69, 9.17) is 0 Å². The number of hydrogen-bond acceptors (Lipinski definition) is 1. The third kappa shape index (κ3) is 2.17. The fourth-order valence-corrected chi connectivity index (χ4v) is 2.13. The molecule has 0 amide bonds. The molecule has 0 spiro atoms. The topological polar surface area (TPSA) is 12.0 Å². The molecule has 1 aromatic carbocycles. The molecule has 1 fully saturated rings. The van der Waals surface area contributed by atoms with Gasteiger partial charge >= 0.3 is 0 Å². The van der Waals surface area contributed by atoms with Crippen LogP contribution in [0, 0.1) is 18.6 Å². The second-order valence-electron chi connectivity index (χ2n) is 4.15. The molecule has 82 valence electrons. The molecule has 0 aliphatic carbocycles. The van der Waals surface area contributed by atoms with Gasteiger partial charge in [-0.1, -0.05) is 0 Å². The standard InChI is InChI=1S/C12H15F2N/c1-8-6-10(12(14)7-11(8)13)9-2-4-15-5-3-9/h6-7,9,15H,2-5H2,1H3. The number of aryl methyl sites for hydroxylation is 1. The van der Waals surface area contributed by atoms with Gasteiger partial charge in [-0.2, -0.15) is 0 Å². The summed E-state index contributed by atoms with van der Waals surface area (Å²) >= 11 is 0. The molecule has 1 aliphatic heterocycles. The third-order valence-electron chi connectivity index (χ3n) is 3.06. The van der Waals surface area contributed by atoms with E-state index in [1.807, 2.05) is 0 Å². The molecule has 1 nitrogen and oxygen atoms in total. The lowest BCUT2D eigenvalue weighted by molar-refractivity contribution is 0.442. The molecule has 0 aromatic heterocycles. The van der Waals surface area contributed by atoms with Gasteiger partial charge in [0.1, 0.15) is 11.6 Å². The minimum absolute atomic E-state index is 0.241. The normalized spacial score (nSPS) is 18.1. The van der Waals surface area contributed by atoms with Gasteiger partial charge in [0, 0.05) is 6.07 Å². The van der Waals surface area contributed by atoms with Crippen molar-refractivity contribution in [2.45, 2.75) is 25.7 Å². The van der Waals surface area contributed by atoms with Crippen molar-refractivity contribution in [3.63, 3.8) is 0 Å². The number of nitrogens with one attached hydrogen (secondary N) is 1. The monoisotopic (exact) mass is 211 g/mol. The van der Waals surface area contributed by atoms with Crippen molar-refractivity contribution >= 4 is 0 Å². The maximum atomic E-state index is 13.6. The second-order valence-corrected chi connectivity index (χ2v) is 4.15. The van der Waals surface area contributed by atoms with Crippen molar-refractivity contribution in [1.29, 1.82) is 0 Å². The van der Waals surface area contributed by atoms with Gasteiger partial charge in [-0.05, 0) is 56.0 Å². The van der Waals surface area contributed by atoms with Crippen LogP contribution >= 0.6 is 0 Å². The van der Waals surface area contributed by atoms with E-state index in [0.717, 1.165) is 32.0 Å². The molecular weight excluding hydrogens is 196 g/mol. The summed E-state index contributed by atoms with van der Waals surface area (Å²) < 4.78 is 26.6. The van der Waals surface area contributed by atoms with Gasteiger partial charge in [0.2, 0.25) is 0 Å². The average molecular weight is 211 g/mol. The van der Waals surface area contributed by atoms with Gasteiger partial charge in [-0.3, -0.25) is 0 Å². The van der Waals surface area contributed by atoms with Gasteiger partial charge in [-0.25, -0.2) is 8.78 Å². The molecule has 3 heteroatoms. The SMILES string of the molecule is Cc1cc(C2CCNCC2)c(F)cc1F. The first-order valence-electron chi connectivity index (χ1n) is 5.34. The Balaban J connectivity index is 2.30. The summed E-state index contributed by atoms with van der Waals surface area (Å²) in [5.41, 5.74) is 1.21. The van der Waals surface area contributed by atoms with Crippen LogP contribution < -0.4 is 5.32 Å². The molecular formula is C12H15F2N. The number of benzene rings is 1. The quantitative estimate of drug-likeness (QED) is 0.753. The van der Waals surface area contributed by atoms with E-state index in [9.17, 15) is 8.78 Å². The molecule has 1 heterocycles. The van der Waals surface area contributed by atoms with Crippen molar-refractivity contribution in [2.24, 2.45) is 0 Å². The maximum Gasteiger partial charge on any atom is 0.129 e. The Labute approximate surface area is 88.5 Å². The van der Waals surface area contributed by atoms with Crippen molar-refractivity contribution in [3.8, 4) is 0 Å². The Morgan fingerprint density at radius 3 is 2.47 bits per heavy atom. The van der Waals surface area contributed by atoms with Crippen molar-refractivity contribution in [2.75, 3.05) is 13.1 Å². The van der Waals surface area contributed by atoms with Crippen LogP contribution in [0.3, 0.4) is 0 Å². The van der Waals surface area contributed by atoms with E-state index in [2.05, 4.69) is 5.32 Å². The summed E-state index contributed by atoms with van der Waals surface area (Å²) in [5, 5.41) is 3.23. The Kier molecular flexibility index (Phi) is 3.00. The minimum Gasteiger partial charge on any atom is -0.317 e. The van der Waals surface area contributed by atoms with E-state index in [0.29, 0.717) is 11.1 Å². The van der Waals surface area contributed by atoms with Crippen LogP contribution in [0.4, 0.5) is 8.78 Å². The molecule has 1 aliphatic rings. The van der Waals surface area contributed by atoms with Crippen LogP contribution in [0.1, 0.15) is 29.9 Å². The molecule has 0 radical (unpaired) electrons. The first-order chi connectivity index (χ1) is 7.18. The fraction of sp³-hybridized carbons (Fsp3) is 0.500. The highest BCUT2D eigenvalue weighted by Crippen LogP contribution is 2.28. The smallest absolute Gasteiger partial charge is 0.129 e. The summed E-state index contributed by atoms with van der Waals surface area (Å²) in [7, 11) is 0. The van der Waals surface area contributed by atoms with Crippen molar-refractivity contribution < 1.29 is 8.78 Å². The van der Waals surface area contributed by atoms with E-state index < -0.39 is 11.6 Å². The van der Waals surface area contributed by atoms with Crippen molar-refractivity contribution in [1.82, 2.24) is 5.32 Å². The Hall–Kier alpha value is -0.960. The molecule has 1 aromatic rings. The van der Waals surface area contributed by atoms with Gasteiger partial charge in [0.25, 0.3) is 0 Å². The number of piperidine rings is 1. The van der Waals surface area contributed by atoms with Crippen LogP contribution in [0.2, 0.25) is 0 Å². The number of rotatable bonds is 1. The first kappa shape index (κ1) is 10.6. The molecule has 2 rings (SSSR count). The van der Waals surface area contributed by atoms with E-state index in [-0.39, 0.29) is 5.92 Å². The van der Waals surface area contributed by atoms with Crippen LogP contribution in [0.15, 0.2) is 12.1 Å². The molecule has 0 saturated carbocycles. The lowest BCUT2D eigenvalue weighted by Crippen LogP contribution is -2.27. The van der Waals surface area contributed by atoms with Crippen molar-refractivity contribution in [3.05, 3.63) is 34.9 Å². The summed E-state index contributed by atoms with van der Waals surface area (Å²) in [6.07, 6.45) is 1.87. The zero-order chi connectivity index (χ0) is 10.8. The van der Waals surface area contributed by atoms with Gasteiger partial charge < -0.3 is 5.32 Å². The molecule has 1 saturated heterocycles. The van der Waals surface area contributed by atoms with E-state index in [1.54, 1.807) is 13.0 Å². The molecule has 0 atom stereocenters. The maximum absolute atomic E-state index is 13.6. The largest absolute Gasteiger partial charge is 0.317 e. The molecule has 0 bridgehead atoms. The zero-order valence-electron chi connectivity index (χ0n) is 8.82. The molecule has 0 unspecified atom stereocenters. The second kappa shape index (κ2) is 4.27. The predicted octanol–water partition coefficient (Wildman–Crippen LogP) is 2.74. The van der Waals surface area contributed by atoms with Crippen LogP contribution in [0.25, 0.3) is 0 Å². The minimum atomic E-state index is -0.454. The lowest BCUT2D eigenvalue weighted by atomic mass is 9.89. The summed E-state index contributed by atoms with van der Waals surface area (Å²) in [5.74, 6) is -0.610. The Bertz CT molecular complexity index is 357. The molecule has 1 N–H and O–H groups in total.